The number of nitrogens with zero attached hydrogens (tertiary/aromatic N) is 1. The molecule has 0 aliphatic carbocycles. The third-order valence-corrected chi connectivity index (χ3v) is 4.07. The van der Waals surface area contributed by atoms with E-state index in [-0.39, 0.29) is 5.91 Å². The second-order valence-corrected chi connectivity index (χ2v) is 6.07. The molecule has 25 heavy (non-hydrogen) atoms. The minimum absolute atomic E-state index is 0.311. The predicted molar refractivity (Wildman–Crippen MR) is 103 cm³/mol. The highest BCUT2D eigenvalue weighted by Crippen LogP contribution is 2.36. The fraction of sp³-hybridized carbons (Fsp3) is 0.111. The van der Waals surface area contributed by atoms with Gasteiger partial charge in [0.2, 0.25) is 0 Å². The van der Waals surface area contributed by atoms with Crippen molar-refractivity contribution in [2.75, 3.05) is 13.7 Å². The SMILES string of the molecule is C=CCOc1c(Cl)cc(/C=N/NC(=O)c2ccccc2Br)cc1OC. The number of halogens is 2. The minimum Gasteiger partial charge on any atom is -0.493 e. The average Bonchev–Trinajstić information content (AvgIpc) is 2.60. The number of benzene rings is 2. The van der Waals surface area contributed by atoms with Crippen molar-refractivity contribution < 1.29 is 14.3 Å². The number of hydrazone groups is 1. The van der Waals surface area contributed by atoms with Crippen LogP contribution in [-0.2, 0) is 0 Å². The lowest BCUT2D eigenvalue weighted by molar-refractivity contribution is 0.0954. The molecule has 7 heteroatoms. The number of ether oxygens (including phenoxy) is 2. The molecule has 5 nitrogen and oxygen atoms in total. The van der Waals surface area contributed by atoms with E-state index in [2.05, 4.69) is 33.0 Å². The van der Waals surface area contributed by atoms with Gasteiger partial charge < -0.3 is 9.47 Å². The molecule has 1 N–H and O–H groups in total. The van der Waals surface area contributed by atoms with Crippen LogP contribution in [0.5, 0.6) is 11.5 Å². The molecule has 0 unspecified atom stereocenters. The summed E-state index contributed by atoms with van der Waals surface area (Å²) in [6, 6.07) is 10.4. The molecule has 0 aromatic heterocycles. The number of nitrogens with one attached hydrogen (secondary N) is 1. The van der Waals surface area contributed by atoms with Crippen molar-refractivity contribution >= 4 is 39.7 Å². The van der Waals surface area contributed by atoms with Gasteiger partial charge >= 0.3 is 0 Å². The molecule has 2 rings (SSSR count). The van der Waals surface area contributed by atoms with E-state index in [1.807, 2.05) is 6.07 Å². The zero-order chi connectivity index (χ0) is 18.2. The highest BCUT2D eigenvalue weighted by Gasteiger charge is 2.11. The number of rotatable bonds is 7. The van der Waals surface area contributed by atoms with Crippen molar-refractivity contribution in [2.45, 2.75) is 0 Å². The Hall–Kier alpha value is -2.31. The molecule has 1 amide bonds. The normalized spacial score (nSPS) is 10.5. The Morgan fingerprint density at radius 3 is 2.84 bits per heavy atom. The predicted octanol–water partition coefficient (Wildman–Crippen LogP) is 4.44. The van der Waals surface area contributed by atoms with Crippen LogP contribution in [0.3, 0.4) is 0 Å². The smallest absolute Gasteiger partial charge is 0.272 e. The van der Waals surface area contributed by atoms with Gasteiger partial charge in [0.05, 0.1) is 23.9 Å². The summed E-state index contributed by atoms with van der Waals surface area (Å²) < 4.78 is 11.5. The Kier molecular flexibility index (Phi) is 7.03. The fourth-order valence-electron chi connectivity index (χ4n) is 1.97. The van der Waals surface area contributed by atoms with Crippen LogP contribution in [0, 0.1) is 0 Å². The summed E-state index contributed by atoms with van der Waals surface area (Å²) >= 11 is 9.54. The first-order valence-electron chi connectivity index (χ1n) is 7.26. The van der Waals surface area contributed by atoms with Gasteiger partial charge in [-0.1, -0.05) is 36.4 Å². The summed E-state index contributed by atoms with van der Waals surface area (Å²) in [7, 11) is 1.52. The number of methoxy groups -OCH3 is 1. The van der Waals surface area contributed by atoms with Crippen molar-refractivity contribution in [1.29, 1.82) is 0 Å². The Bertz CT molecular complexity index is 809. The van der Waals surface area contributed by atoms with Crippen LogP contribution >= 0.6 is 27.5 Å². The Morgan fingerprint density at radius 1 is 1.40 bits per heavy atom. The fourth-order valence-corrected chi connectivity index (χ4v) is 2.71. The van der Waals surface area contributed by atoms with E-state index >= 15 is 0 Å². The Morgan fingerprint density at radius 2 is 2.16 bits per heavy atom. The summed E-state index contributed by atoms with van der Waals surface area (Å²) in [6.07, 6.45) is 3.09. The zero-order valence-electron chi connectivity index (χ0n) is 13.5. The second-order valence-electron chi connectivity index (χ2n) is 4.81. The van der Waals surface area contributed by atoms with Gasteiger partial charge in [0.25, 0.3) is 5.91 Å². The zero-order valence-corrected chi connectivity index (χ0v) is 15.8. The quantitative estimate of drug-likeness (QED) is 0.407. The first kappa shape index (κ1) is 19.0. The summed E-state index contributed by atoms with van der Waals surface area (Å²) in [4.78, 5) is 12.1. The van der Waals surface area contributed by atoms with Gasteiger partial charge in [-0.15, -0.1) is 0 Å². The van der Waals surface area contributed by atoms with Crippen molar-refractivity contribution in [3.8, 4) is 11.5 Å². The number of carbonyl (C=O) groups excluding carboxylic acids is 1. The molecule has 0 spiro atoms. The first-order valence-corrected chi connectivity index (χ1v) is 8.43. The first-order chi connectivity index (χ1) is 12.1. The van der Waals surface area contributed by atoms with E-state index in [1.165, 1.54) is 13.3 Å². The maximum Gasteiger partial charge on any atom is 0.272 e. The van der Waals surface area contributed by atoms with E-state index < -0.39 is 0 Å². The third kappa shape index (κ3) is 5.08. The van der Waals surface area contributed by atoms with Crippen LogP contribution < -0.4 is 14.9 Å². The highest BCUT2D eigenvalue weighted by molar-refractivity contribution is 9.10. The van der Waals surface area contributed by atoms with Gasteiger partial charge in [0.1, 0.15) is 6.61 Å². The summed E-state index contributed by atoms with van der Waals surface area (Å²) in [5, 5.41) is 4.33. The van der Waals surface area contributed by atoms with Crippen LogP contribution in [0.25, 0.3) is 0 Å². The number of hydrogen-bond donors (Lipinski definition) is 1. The lowest BCUT2D eigenvalue weighted by Crippen LogP contribution is -2.18. The lowest BCUT2D eigenvalue weighted by atomic mass is 10.2. The van der Waals surface area contributed by atoms with E-state index in [4.69, 9.17) is 21.1 Å². The van der Waals surface area contributed by atoms with Crippen LogP contribution in [0.2, 0.25) is 5.02 Å². The lowest BCUT2D eigenvalue weighted by Gasteiger charge is -2.11. The van der Waals surface area contributed by atoms with E-state index in [1.54, 1.807) is 36.4 Å². The molecule has 0 heterocycles. The molecule has 130 valence electrons. The second kappa shape index (κ2) is 9.25. The highest BCUT2D eigenvalue weighted by atomic mass is 79.9. The molecule has 2 aromatic rings. The number of carbonyl (C=O) groups is 1. The largest absolute Gasteiger partial charge is 0.493 e. The molecular formula is C18H16BrClN2O3. The van der Waals surface area contributed by atoms with Gasteiger partial charge in [0.15, 0.2) is 11.5 Å². The van der Waals surface area contributed by atoms with Crippen LogP contribution in [0.1, 0.15) is 15.9 Å². The van der Waals surface area contributed by atoms with Gasteiger partial charge in [0, 0.05) is 4.47 Å². The molecule has 2 aromatic carbocycles. The summed E-state index contributed by atoms with van der Waals surface area (Å²) in [5.41, 5.74) is 3.61. The van der Waals surface area contributed by atoms with Crippen LogP contribution in [0.15, 0.2) is 58.6 Å². The summed E-state index contributed by atoms with van der Waals surface area (Å²) in [6.45, 7) is 3.90. The molecule has 0 aliphatic heterocycles. The standard InChI is InChI=1S/C18H16BrClN2O3/c1-3-8-25-17-15(20)9-12(10-16(17)24-2)11-21-22-18(23)13-6-4-5-7-14(13)19/h3-7,9-11H,1,8H2,2H3,(H,22,23)/b21-11+. The van der Waals surface area contributed by atoms with E-state index in [9.17, 15) is 4.79 Å². The van der Waals surface area contributed by atoms with Gasteiger partial charge in [-0.25, -0.2) is 5.43 Å². The van der Waals surface area contributed by atoms with Crippen LogP contribution in [0.4, 0.5) is 0 Å². The molecule has 0 aliphatic rings. The van der Waals surface area contributed by atoms with Crippen LogP contribution in [-0.4, -0.2) is 25.8 Å². The Balaban J connectivity index is 2.13. The molecule has 0 bridgehead atoms. The third-order valence-electron chi connectivity index (χ3n) is 3.10. The van der Waals surface area contributed by atoms with Gasteiger partial charge in [-0.3, -0.25) is 4.79 Å². The average molecular weight is 424 g/mol. The Labute approximate surface area is 159 Å². The molecule has 0 radical (unpaired) electrons. The van der Waals surface area contributed by atoms with Crippen molar-refractivity contribution in [3.05, 3.63) is 69.7 Å². The molecule has 0 saturated heterocycles. The minimum atomic E-state index is -0.326. The molecular weight excluding hydrogens is 408 g/mol. The number of amides is 1. The van der Waals surface area contributed by atoms with Crippen molar-refractivity contribution in [2.24, 2.45) is 5.10 Å². The van der Waals surface area contributed by atoms with Gasteiger partial charge in [-0.2, -0.15) is 5.10 Å². The number of hydrogen-bond acceptors (Lipinski definition) is 4. The van der Waals surface area contributed by atoms with E-state index in [0.29, 0.717) is 38.7 Å². The monoisotopic (exact) mass is 422 g/mol. The molecule has 0 atom stereocenters. The van der Waals surface area contributed by atoms with Crippen molar-refractivity contribution in [3.63, 3.8) is 0 Å². The maximum absolute atomic E-state index is 12.1. The van der Waals surface area contributed by atoms with E-state index in [0.717, 1.165) is 0 Å². The van der Waals surface area contributed by atoms with Gasteiger partial charge in [-0.05, 0) is 45.8 Å². The van der Waals surface area contributed by atoms with Crippen molar-refractivity contribution in [1.82, 2.24) is 5.43 Å². The summed E-state index contributed by atoms with van der Waals surface area (Å²) in [5.74, 6) is 0.569. The maximum atomic E-state index is 12.1. The topological polar surface area (TPSA) is 59.9 Å². The molecule has 0 saturated carbocycles. The molecule has 0 fully saturated rings.